The Kier molecular flexibility index (Phi) is 8.81. The Morgan fingerprint density at radius 1 is 1.04 bits per heavy atom. The molecule has 2 atom stereocenters. The van der Waals surface area contributed by atoms with E-state index in [4.69, 9.17) is 9.84 Å². The molecule has 0 aliphatic heterocycles. The van der Waals surface area contributed by atoms with Crippen LogP contribution in [0.4, 0.5) is 10.6 Å². The third kappa shape index (κ3) is 6.91. The fraction of sp³-hybridized carbons (Fsp3) is 0.441. The lowest BCUT2D eigenvalue weighted by atomic mass is 9.85. The summed E-state index contributed by atoms with van der Waals surface area (Å²) in [6.45, 7) is 7.35. The molecule has 0 unspecified atom stereocenters. The third-order valence-corrected chi connectivity index (χ3v) is 8.38. The van der Waals surface area contributed by atoms with Crippen molar-refractivity contribution in [2.45, 2.75) is 70.4 Å². The number of nitrogens with zero attached hydrogens (tertiary/aromatic N) is 8. The number of nitrogens with one attached hydrogen (secondary N) is 2. The number of anilines is 1. The standard InChI is InChI=1S/C34H44N10O2/c1-34(2,3)29-19-32(44(40-29)23-20-35-42(6)21-23)37-33(45)36-27-15-16-28(26-12-8-7-11-25(26)27)46-24-14-17-31-39-38-30(43(31)22-24)13-9-10-18-41(4)5/h7-8,11-12,14,17,19-22,27-28H,9-10,13,15-16,18H2,1-6H3,(H2,36,37,45)/t27-,28+/m0/s1. The Morgan fingerprint density at radius 3 is 2.59 bits per heavy atom. The van der Waals surface area contributed by atoms with E-state index >= 15 is 0 Å². The highest BCUT2D eigenvalue weighted by molar-refractivity contribution is 5.89. The van der Waals surface area contributed by atoms with Gasteiger partial charge in [0.2, 0.25) is 0 Å². The van der Waals surface area contributed by atoms with Crippen molar-refractivity contribution in [1.29, 1.82) is 0 Å². The summed E-state index contributed by atoms with van der Waals surface area (Å²) < 4.78 is 12.1. The summed E-state index contributed by atoms with van der Waals surface area (Å²) in [6, 6.07) is 13.6. The number of carbonyl (C=O) groups is 1. The molecular weight excluding hydrogens is 580 g/mol. The van der Waals surface area contributed by atoms with Crippen molar-refractivity contribution in [1.82, 2.24) is 44.4 Å². The Morgan fingerprint density at radius 2 is 1.85 bits per heavy atom. The molecule has 4 aromatic heterocycles. The summed E-state index contributed by atoms with van der Waals surface area (Å²) in [6.07, 6.45) is 9.95. The number of fused-ring (bicyclic) bond motifs is 2. The van der Waals surface area contributed by atoms with Gasteiger partial charge in [-0.2, -0.15) is 10.2 Å². The highest BCUT2D eigenvalue weighted by Gasteiger charge is 2.30. The topological polar surface area (TPSA) is 119 Å². The zero-order chi connectivity index (χ0) is 32.4. The molecule has 12 nitrogen and oxygen atoms in total. The van der Waals surface area contributed by atoms with Gasteiger partial charge in [0.05, 0.1) is 30.3 Å². The van der Waals surface area contributed by atoms with Gasteiger partial charge < -0.3 is 15.0 Å². The number of urea groups is 1. The first-order valence-electron chi connectivity index (χ1n) is 16.0. The number of rotatable bonds is 10. The van der Waals surface area contributed by atoms with Gasteiger partial charge in [-0.3, -0.25) is 14.4 Å². The van der Waals surface area contributed by atoms with Crippen LogP contribution in [0.15, 0.2) is 61.1 Å². The number of aryl methyl sites for hydroxylation is 2. The van der Waals surface area contributed by atoms with Gasteiger partial charge in [-0.1, -0.05) is 45.0 Å². The summed E-state index contributed by atoms with van der Waals surface area (Å²) in [5.41, 5.74) is 4.39. The molecule has 2 amide bonds. The van der Waals surface area contributed by atoms with Crippen molar-refractivity contribution < 1.29 is 9.53 Å². The number of hydrogen-bond acceptors (Lipinski definition) is 7. The molecule has 1 aromatic carbocycles. The number of aromatic nitrogens is 7. The number of unbranched alkanes of at least 4 members (excludes halogenated alkanes) is 1. The second-order valence-electron chi connectivity index (χ2n) is 13.4. The molecule has 4 heterocycles. The molecule has 242 valence electrons. The SMILES string of the molecule is CN(C)CCCCc1nnc2ccc(O[C@@H]3CC[C@H](NC(=O)Nc4cc(C(C)(C)C)nn4-c4cnn(C)c4)c4ccccc43)cn12. The van der Waals surface area contributed by atoms with Crippen molar-refractivity contribution in [2.24, 2.45) is 7.05 Å². The number of ether oxygens (including phenoxy) is 1. The maximum absolute atomic E-state index is 13.4. The van der Waals surface area contributed by atoms with Crippen LogP contribution in [0, 0.1) is 0 Å². The van der Waals surface area contributed by atoms with E-state index in [1.54, 1.807) is 15.6 Å². The molecule has 0 bridgehead atoms. The van der Waals surface area contributed by atoms with Gasteiger partial charge in [0.15, 0.2) is 5.65 Å². The van der Waals surface area contributed by atoms with Gasteiger partial charge in [-0.25, -0.2) is 9.48 Å². The molecule has 0 fully saturated rings. The zero-order valence-corrected chi connectivity index (χ0v) is 27.6. The first kappa shape index (κ1) is 31.3. The Hall–Kier alpha value is -4.71. The summed E-state index contributed by atoms with van der Waals surface area (Å²) in [4.78, 5) is 15.6. The zero-order valence-electron chi connectivity index (χ0n) is 27.6. The number of carbonyl (C=O) groups excluding carboxylic acids is 1. The monoisotopic (exact) mass is 624 g/mol. The van der Waals surface area contributed by atoms with E-state index in [9.17, 15) is 4.79 Å². The van der Waals surface area contributed by atoms with Crippen LogP contribution in [-0.4, -0.2) is 65.7 Å². The average Bonchev–Trinajstić information content (AvgIpc) is 3.74. The first-order chi connectivity index (χ1) is 22.0. The molecule has 0 saturated heterocycles. The number of benzene rings is 1. The maximum Gasteiger partial charge on any atom is 0.320 e. The normalized spacial score (nSPS) is 16.5. The molecule has 1 aliphatic carbocycles. The minimum atomic E-state index is -0.291. The molecule has 1 aliphatic rings. The quantitative estimate of drug-likeness (QED) is 0.194. The van der Waals surface area contributed by atoms with E-state index < -0.39 is 0 Å². The molecule has 6 rings (SSSR count). The van der Waals surface area contributed by atoms with Gasteiger partial charge in [-0.05, 0) is 69.6 Å². The Labute approximate surface area is 269 Å². The van der Waals surface area contributed by atoms with Crippen LogP contribution >= 0.6 is 0 Å². The van der Waals surface area contributed by atoms with E-state index in [1.165, 1.54) is 0 Å². The Balaban J connectivity index is 1.16. The predicted octanol–water partition coefficient (Wildman–Crippen LogP) is 5.61. The fourth-order valence-corrected chi connectivity index (χ4v) is 5.92. The highest BCUT2D eigenvalue weighted by Crippen LogP contribution is 2.39. The summed E-state index contributed by atoms with van der Waals surface area (Å²) in [7, 11) is 6.04. The van der Waals surface area contributed by atoms with E-state index in [0.29, 0.717) is 5.82 Å². The molecule has 46 heavy (non-hydrogen) atoms. The van der Waals surface area contributed by atoms with Gasteiger partial charge in [0.1, 0.15) is 29.2 Å². The van der Waals surface area contributed by atoms with Crippen molar-refractivity contribution in [2.75, 3.05) is 26.0 Å². The highest BCUT2D eigenvalue weighted by atomic mass is 16.5. The molecular formula is C34H44N10O2. The van der Waals surface area contributed by atoms with Gasteiger partial charge in [0.25, 0.3) is 0 Å². The van der Waals surface area contributed by atoms with E-state index in [2.05, 4.69) is 77.8 Å². The third-order valence-electron chi connectivity index (χ3n) is 8.38. The minimum absolute atomic E-state index is 0.142. The lowest BCUT2D eigenvalue weighted by molar-refractivity contribution is 0.171. The largest absolute Gasteiger partial charge is 0.484 e. The lowest BCUT2D eigenvalue weighted by Gasteiger charge is -2.32. The van der Waals surface area contributed by atoms with Crippen LogP contribution in [-0.2, 0) is 18.9 Å². The fourth-order valence-electron chi connectivity index (χ4n) is 5.92. The first-order valence-corrected chi connectivity index (χ1v) is 16.0. The van der Waals surface area contributed by atoms with Crippen LogP contribution in [0.2, 0.25) is 0 Å². The molecule has 12 heteroatoms. The van der Waals surface area contributed by atoms with Crippen molar-refractivity contribution >= 4 is 17.5 Å². The maximum atomic E-state index is 13.4. The minimum Gasteiger partial charge on any atom is -0.484 e. The molecule has 0 saturated carbocycles. The summed E-state index contributed by atoms with van der Waals surface area (Å²) >= 11 is 0. The molecule has 0 spiro atoms. The van der Waals surface area contributed by atoms with Crippen molar-refractivity contribution in [3.63, 3.8) is 0 Å². The summed E-state index contributed by atoms with van der Waals surface area (Å²) in [5, 5.41) is 24.1. The molecule has 0 radical (unpaired) electrons. The second kappa shape index (κ2) is 13.0. The van der Waals surface area contributed by atoms with Crippen molar-refractivity contribution in [3.05, 3.63) is 83.7 Å². The van der Waals surface area contributed by atoms with Crippen LogP contribution in [0.1, 0.15) is 81.2 Å². The summed E-state index contributed by atoms with van der Waals surface area (Å²) in [5.74, 6) is 2.30. The number of pyridine rings is 1. The lowest BCUT2D eigenvalue weighted by Crippen LogP contribution is -2.36. The van der Waals surface area contributed by atoms with Crippen LogP contribution in [0.5, 0.6) is 5.75 Å². The van der Waals surface area contributed by atoms with Crippen LogP contribution < -0.4 is 15.4 Å². The number of amides is 2. The molecule has 2 N–H and O–H groups in total. The van der Waals surface area contributed by atoms with E-state index in [0.717, 1.165) is 78.4 Å². The van der Waals surface area contributed by atoms with Crippen LogP contribution in [0.25, 0.3) is 11.3 Å². The molecule has 5 aromatic rings. The predicted molar refractivity (Wildman–Crippen MR) is 177 cm³/mol. The smallest absolute Gasteiger partial charge is 0.320 e. The second-order valence-corrected chi connectivity index (χ2v) is 13.4. The average molecular weight is 625 g/mol. The van der Waals surface area contributed by atoms with E-state index in [1.807, 2.05) is 54.2 Å². The Bertz CT molecular complexity index is 1810. The van der Waals surface area contributed by atoms with Gasteiger partial charge in [-0.15, -0.1) is 10.2 Å². The number of hydrogen-bond donors (Lipinski definition) is 2. The van der Waals surface area contributed by atoms with E-state index in [-0.39, 0.29) is 23.6 Å². The van der Waals surface area contributed by atoms with Gasteiger partial charge >= 0.3 is 6.03 Å². The van der Waals surface area contributed by atoms with Crippen LogP contribution in [0.3, 0.4) is 0 Å². The van der Waals surface area contributed by atoms with Crippen molar-refractivity contribution in [3.8, 4) is 11.4 Å². The van der Waals surface area contributed by atoms with Gasteiger partial charge in [0, 0.05) is 24.9 Å².